The maximum Gasteiger partial charge on any atom is 0.231 e. The van der Waals surface area contributed by atoms with Crippen LogP contribution in [0.5, 0.6) is 11.5 Å². The highest BCUT2D eigenvalue weighted by molar-refractivity contribution is 5.46. The minimum atomic E-state index is 0.168. The molecule has 1 aliphatic heterocycles. The first-order chi connectivity index (χ1) is 7.49. The van der Waals surface area contributed by atoms with E-state index in [0.29, 0.717) is 6.79 Å². The predicted molar refractivity (Wildman–Crippen MR) is 67.2 cm³/mol. The molecule has 0 atom stereocenters. The lowest BCUT2D eigenvalue weighted by molar-refractivity contribution is 0.174. The van der Waals surface area contributed by atoms with Crippen molar-refractivity contribution in [1.82, 2.24) is 0 Å². The fourth-order valence-electron chi connectivity index (χ4n) is 1.36. The largest absolute Gasteiger partial charge is 0.454 e. The molecular weight excluding hydrogens is 200 g/mol. The lowest BCUT2D eigenvalue weighted by atomic mass is 9.87. The second kappa shape index (κ2) is 5.24. The molecule has 2 rings (SSSR count). The summed E-state index contributed by atoms with van der Waals surface area (Å²) >= 11 is 0. The van der Waals surface area contributed by atoms with E-state index in [4.69, 9.17) is 9.47 Å². The van der Waals surface area contributed by atoms with Crippen LogP contribution < -0.4 is 9.47 Å². The molecule has 0 fully saturated rings. The van der Waals surface area contributed by atoms with Crippen LogP contribution in [0.3, 0.4) is 0 Å². The van der Waals surface area contributed by atoms with Crippen LogP contribution >= 0.6 is 0 Å². The van der Waals surface area contributed by atoms with Gasteiger partial charge in [0.15, 0.2) is 11.5 Å². The van der Waals surface area contributed by atoms with Gasteiger partial charge >= 0.3 is 0 Å². The maximum absolute atomic E-state index is 5.31. The van der Waals surface area contributed by atoms with Crippen LogP contribution in [0.4, 0.5) is 0 Å². The second-order valence-corrected chi connectivity index (χ2v) is 5.03. The van der Waals surface area contributed by atoms with Crippen LogP contribution in [0.2, 0.25) is 0 Å². The van der Waals surface area contributed by atoms with Gasteiger partial charge in [-0.15, -0.1) is 0 Å². The van der Waals surface area contributed by atoms with Crippen LogP contribution in [0.25, 0.3) is 0 Å². The molecule has 0 saturated heterocycles. The third-order valence-electron chi connectivity index (χ3n) is 2.24. The standard InChI is InChI=1S/C11H14O2.C3H8/c1-11(2,3)8-4-5-9-10(6-8)13-7-12-9;1-3-2/h4-6H,7H2,1-3H3;3H2,1-2H3. The van der Waals surface area contributed by atoms with Crippen molar-refractivity contribution in [1.29, 1.82) is 0 Å². The molecule has 2 heteroatoms. The molecule has 90 valence electrons. The van der Waals surface area contributed by atoms with E-state index in [9.17, 15) is 0 Å². The van der Waals surface area contributed by atoms with Gasteiger partial charge in [-0.3, -0.25) is 0 Å². The van der Waals surface area contributed by atoms with Crippen LogP contribution in [0.15, 0.2) is 18.2 Å². The average Bonchev–Trinajstić information content (AvgIpc) is 2.63. The monoisotopic (exact) mass is 222 g/mol. The first-order valence-electron chi connectivity index (χ1n) is 5.89. The highest BCUT2D eigenvalue weighted by atomic mass is 16.7. The Labute approximate surface area is 98.6 Å². The van der Waals surface area contributed by atoms with E-state index in [0.717, 1.165) is 11.5 Å². The highest BCUT2D eigenvalue weighted by Crippen LogP contribution is 2.35. The van der Waals surface area contributed by atoms with Crippen molar-refractivity contribution in [3.05, 3.63) is 23.8 Å². The molecule has 16 heavy (non-hydrogen) atoms. The third kappa shape index (κ3) is 3.16. The van der Waals surface area contributed by atoms with Crippen LogP contribution in [0, 0.1) is 0 Å². The van der Waals surface area contributed by atoms with Crippen molar-refractivity contribution < 1.29 is 9.47 Å². The van der Waals surface area contributed by atoms with Gasteiger partial charge in [-0.05, 0) is 23.1 Å². The zero-order valence-electron chi connectivity index (χ0n) is 11.0. The number of rotatable bonds is 0. The molecule has 0 aromatic heterocycles. The molecule has 1 aliphatic rings. The van der Waals surface area contributed by atoms with E-state index in [1.807, 2.05) is 6.07 Å². The fourth-order valence-corrected chi connectivity index (χ4v) is 1.36. The summed E-state index contributed by atoms with van der Waals surface area (Å²) in [6.45, 7) is 11.2. The molecule has 1 aromatic rings. The molecule has 1 heterocycles. The lowest BCUT2D eigenvalue weighted by Gasteiger charge is -2.18. The van der Waals surface area contributed by atoms with Crippen LogP contribution in [-0.2, 0) is 5.41 Å². The number of fused-ring (bicyclic) bond motifs is 1. The summed E-state index contributed by atoms with van der Waals surface area (Å²) in [5.41, 5.74) is 1.44. The molecule has 1 aromatic carbocycles. The smallest absolute Gasteiger partial charge is 0.231 e. The quantitative estimate of drug-likeness (QED) is 0.657. The van der Waals surface area contributed by atoms with Crippen molar-refractivity contribution in [2.24, 2.45) is 0 Å². The van der Waals surface area contributed by atoms with E-state index in [1.54, 1.807) is 0 Å². The molecule has 0 unspecified atom stereocenters. The van der Waals surface area contributed by atoms with Gasteiger partial charge in [0.25, 0.3) is 0 Å². The zero-order chi connectivity index (χ0) is 12.2. The van der Waals surface area contributed by atoms with Crippen molar-refractivity contribution in [3.63, 3.8) is 0 Å². The van der Waals surface area contributed by atoms with Crippen molar-refractivity contribution in [3.8, 4) is 11.5 Å². The number of hydrogen-bond donors (Lipinski definition) is 0. The van der Waals surface area contributed by atoms with Crippen LogP contribution in [-0.4, -0.2) is 6.79 Å². The molecule has 0 aliphatic carbocycles. The van der Waals surface area contributed by atoms with Crippen LogP contribution in [0.1, 0.15) is 46.6 Å². The van der Waals surface area contributed by atoms with E-state index < -0.39 is 0 Å². The lowest BCUT2D eigenvalue weighted by Crippen LogP contribution is -2.10. The molecule has 0 saturated carbocycles. The van der Waals surface area contributed by atoms with Gasteiger partial charge < -0.3 is 9.47 Å². The molecule has 0 bridgehead atoms. The Bertz CT molecular complexity index is 337. The summed E-state index contributed by atoms with van der Waals surface area (Å²) in [5.74, 6) is 1.72. The molecule has 0 spiro atoms. The SMILES string of the molecule is CC(C)(C)c1ccc2c(c1)OCO2.CCC. The Morgan fingerprint density at radius 1 is 1.06 bits per heavy atom. The number of benzene rings is 1. The second-order valence-electron chi connectivity index (χ2n) is 5.03. The summed E-state index contributed by atoms with van der Waals surface area (Å²) in [7, 11) is 0. The summed E-state index contributed by atoms with van der Waals surface area (Å²) < 4.78 is 10.6. The Hall–Kier alpha value is -1.18. The number of hydrogen-bond acceptors (Lipinski definition) is 2. The van der Waals surface area contributed by atoms with Gasteiger partial charge in [0.1, 0.15) is 0 Å². The first-order valence-corrected chi connectivity index (χ1v) is 5.89. The average molecular weight is 222 g/mol. The van der Waals surface area contributed by atoms with E-state index in [1.165, 1.54) is 12.0 Å². The summed E-state index contributed by atoms with van der Waals surface area (Å²) in [6, 6.07) is 6.12. The first kappa shape index (κ1) is 12.9. The van der Waals surface area contributed by atoms with Gasteiger partial charge in [-0.25, -0.2) is 0 Å². The Kier molecular flexibility index (Phi) is 4.22. The molecule has 0 amide bonds. The van der Waals surface area contributed by atoms with E-state index in [-0.39, 0.29) is 5.41 Å². The zero-order valence-corrected chi connectivity index (χ0v) is 11.0. The van der Waals surface area contributed by atoms with Crippen molar-refractivity contribution in [2.75, 3.05) is 6.79 Å². The van der Waals surface area contributed by atoms with Gasteiger partial charge in [0.2, 0.25) is 6.79 Å². The van der Waals surface area contributed by atoms with Gasteiger partial charge in [-0.2, -0.15) is 0 Å². The highest BCUT2D eigenvalue weighted by Gasteiger charge is 2.19. The summed E-state index contributed by atoms with van der Waals surface area (Å²) in [5, 5.41) is 0. The summed E-state index contributed by atoms with van der Waals surface area (Å²) in [4.78, 5) is 0. The minimum absolute atomic E-state index is 0.168. The Morgan fingerprint density at radius 3 is 2.19 bits per heavy atom. The van der Waals surface area contributed by atoms with E-state index in [2.05, 4.69) is 46.8 Å². The fraction of sp³-hybridized carbons (Fsp3) is 0.571. The van der Waals surface area contributed by atoms with Crippen molar-refractivity contribution in [2.45, 2.75) is 46.5 Å². The summed E-state index contributed by atoms with van der Waals surface area (Å²) in [6.07, 6.45) is 1.25. The van der Waals surface area contributed by atoms with Gasteiger partial charge in [0.05, 0.1) is 0 Å². The molecular formula is C14H22O2. The Morgan fingerprint density at radius 2 is 1.62 bits per heavy atom. The Balaban J connectivity index is 0.000000386. The van der Waals surface area contributed by atoms with Gasteiger partial charge in [0, 0.05) is 0 Å². The predicted octanol–water partition coefficient (Wildman–Crippen LogP) is 4.13. The third-order valence-corrected chi connectivity index (χ3v) is 2.24. The van der Waals surface area contributed by atoms with Gasteiger partial charge in [-0.1, -0.05) is 47.1 Å². The minimum Gasteiger partial charge on any atom is -0.454 e. The molecule has 2 nitrogen and oxygen atoms in total. The molecule has 0 N–H and O–H groups in total. The normalized spacial score (nSPS) is 13.1. The van der Waals surface area contributed by atoms with Crippen molar-refractivity contribution >= 4 is 0 Å². The topological polar surface area (TPSA) is 18.5 Å². The van der Waals surface area contributed by atoms with E-state index >= 15 is 0 Å². The number of ether oxygens (including phenoxy) is 2. The maximum atomic E-state index is 5.31. The molecule has 0 radical (unpaired) electrons.